The normalized spacial score (nSPS) is 13.0. The number of aliphatic imine (C=N–C) groups is 1. The molecule has 0 amide bonds. The lowest BCUT2D eigenvalue weighted by atomic mass is 10.1. The number of hydrogen-bond donors (Lipinski definition) is 0. The average Bonchev–Trinajstić information content (AvgIpc) is 3.14. The van der Waals surface area contributed by atoms with Gasteiger partial charge in [-0.25, -0.2) is 0 Å². The Morgan fingerprint density at radius 2 is 1.57 bits per heavy atom. The molecule has 0 radical (unpaired) electrons. The fraction of sp³-hybridized carbons (Fsp3) is 0.174. The molecule has 6 nitrogen and oxygen atoms in total. The number of rotatable bonds is 5. The molecule has 1 heterocycles. The van der Waals surface area contributed by atoms with Crippen LogP contribution in [0.4, 0.5) is 5.69 Å². The molecule has 0 N–H and O–H groups in total. The molecule has 30 heavy (non-hydrogen) atoms. The standard InChI is InChI=1S/C23H21NO5S/c1-15-10-16(2)23(17(3)11-15)30(25,26)29-20-7-4-18(5-8-20)13-24-19-6-9-21-22(12-19)28-14-27-21/h4-13H,14H2,1-3H3. The zero-order valence-corrected chi connectivity index (χ0v) is 17.7. The van der Waals surface area contributed by atoms with Crippen LogP contribution in [-0.4, -0.2) is 21.4 Å². The van der Waals surface area contributed by atoms with Crippen molar-refractivity contribution in [3.8, 4) is 17.2 Å². The second kappa shape index (κ2) is 7.84. The number of ether oxygens (including phenoxy) is 2. The summed E-state index contributed by atoms with van der Waals surface area (Å²) in [6, 6.07) is 15.8. The highest BCUT2D eigenvalue weighted by Crippen LogP contribution is 2.35. The second-order valence-electron chi connectivity index (χ2n) is 7.13. The third-order valence-corrected chi connectivity index (χ3v) is 6.22. The monoisotopic (exact) mass is 423 g/mol. The molecule has 0 spiro atoms. The van der Waals surface area contributed by atoms with Crippen molar-refractivity contribution in [1.82, 2.24) is 0 Å². The summed E-state index contributed by atoms with van der Waals surface area (Å²) in [4.78, 5) is 4.63. The first-order valence-electron chi connectivity index (χ1n) is 9.38. The molecule has 154 valence electrons. The third-order valence-electron chi connectivity index (χ3n) is 4.66. The summed E-state index contributed by atoms with van der Waals surface area (Å²) >= 11 is 0. The van der Waals surface area contributed by atoms with Gasteiger partial charge in [-0.2, -0.15) is 8.42 Å². The van der Waals surface area contributed by atoms with Gasteiger partial charge in [-0.3, -0.25) is 4.99 Å². The van der Waals surface area contributed by atoms with Gasteiger partial charge in [-0.15, -0.1) is 0 Å². The van der Waals surface area contributed by atoms with Crippen molar-refractivity contribution in [1.29, 1.82) is 0 Å². The summed E-state index contributed by atoms with van der Waals surface area (Å²) in [6.07, 6.45) is 1.68. The van der Waals surface area contributed by atoms with E-state index in [4.69, 9.17) is 13.7 Å². The van der Waals surface area contributed by atoms with Gasteiger partial charge >= 0.3 is 10.1 Å². The lowest BCUT2D eigenvalue weighted by Crippen LogP contribution is -2.13. The van der Waals surface area contributed by atoms with Crippen molar-refractivity contribution < 1.29 is 22.1 Å². The van der Waals surface area contributed by atoms with Crippen molar-refractivity contribution in [3.63, 3.8) is 0 Å². The summed E-state index contributed by atoms with van der Waals surface area (Å²) in [6.45, 7) is 5.69. The Labute approximate surface area is 175 Å². The van der Waals surface area contributed by atoms with Crippen LogP contribution in [-0.2, 0) is 10.1 Å². The first-order chi connectivity index (χ1) is 14.3. The van der Waals surface area contributed by atoms with Crippen LogP contribution in [0.1, 0.15) is 22.3 Å². The van der Waals surface area contributed by atoms with Crippen molar-refractivity contribution in [2.24, 2.45) is 4.99 Å². The predicted octanol–water partition coefficient (Wildman–Crippen LogP) is 4.86. The minimum absolute atomic E-state index is 0.210. The minimum Gasteiger partial charge on any atom is -0.454 e. The van der Waals surface area contributed by atoms with Crippen molar-refractivity contribution in [2.75, 3.05) is 6.79 Å². The van der Waals surface area contributed by atoms with E-state index < -0.39 is 10.1 Å². The first-order valence-corrected chi connectivity index (χ1v) is 10.8. The van der Waals surface area contributed by atoms with E-state index in [0.717, 1.165) is 16.8 Å². The van der Waals surface area contributed by atoms with Gasteiger partial charge in [0.05, 0.1) is 5.69 Å². The largest absolute Gasteiger partial charge is 0.454 e. The highest BCUT2D eigenvalue weighted by atomic mass is 32.2. The minimum atomic E-state index is -3.92. The maximum atomic E-state index is 12.8. The van der Waals surface area contributed by atoms with E-state index in [1.807, 2.05) is 31.2 Å². The van der Waals surface area contributed by atoms with E-state index in [9.17, 15) is 8.42 Å². The van der Waals surface area contributed by atoms with Gasteiger partial charge in [0.1, 0.15) is 10.6 Å². The molecule has 0 bridgehead atoms. The zero-order chi connectivity index (χ0) is 21.3. The highest BCUT2D eigenvalue weighted by molar-refractivity contribution is 7.87. The molecule has 0 saturated heterocycles. The molecule has 0 unspecified atom stereocenters. The van der Waals surface area contributed by atoms with Crippen LogP contribution in [0.2, 0.25) is 0 Å². The fourth-order valence-electron chi connectivity index (χ4n) is 3.45. The number of benzene rings is 3. The Balaban J connectivity index is 1.50. The molecule has 1 aliphatic heterocycles. The van der Waals surface area contributed by atoms with Gasteiger partial charge in [0.15, 0.2) is 11.5 Å². The Hall–Kier alpha value is -3.32. The summed E-state index contributed by atoms with van der Waals surface area (Å²) in [5, 5.41) is 0. The van der Waals surface area contributed by atoms with Crippen LogP contribution < -0.4 is 13.7 Å². The number of hydrogen-bond acceptors (Lipinski definition) is 6. The van der Waals surface area contributed by atoms with E-state index in [0.29, 0.717) is 22.6 Å². The van der Waals surface area contributed by atoms with E-state index >= 15 is 0 Å². The smallest absolute Gasteiger partial charge is 0.339 e. The molecule has 0 fully saturated rings. The lowest BCUT2D eigenvalue weighted by Gasteiger charge is -2.13. The van der Waals surface area contributed by atoms with E-state index in [-0.39, 0.29) is 17.4 Å². The van der Waals surface area contributed by atoms with Gasteiger partial charge in [-0.05, 0) is 73.9 Å². The van der Waals surface area contributed by atoms with Crippen molar-refractivity contribution in [2.45, 2.75) is 25.7 Å². The third kappa shape index (κ3) is 4.16. The van der Waals surface area contributed by atoms with Gasteiger partial charge in [0.25, 0.3) is 0 Å². The summed E-state index contributed by atoms with van der Waals surface area (Å²) < 4.78 is 41.5. The van der Waals surface area contributed by atoms with Gasteiger partial charge in [0, 0.05) is 12.3 Å². The average molecular weight is 423 g/mol. The molecule has 4 rings (SSSR count). The van der Waals surface area contributed by atoms with E-state index in [1.54, 1.807) is 50.4 Å². The maximum Gasteiger partial charge on any atom is 0.339 e. The quantitative estimate of drug-likeness (QED) is 0.433. The predicted molar refractivity (Wildman–Crippen MR) is 115 cm³/mol. The molecule has 3 aromatic rings. The Morgan fingerprint density at radius 1 is 0.900 bits per heavy atom. The molecule has 7 heteroatoms. The SMILES string of the molecule is Cc1cc(C)c(S(=O)(=O)Oc2ccc(C=Nc3ccc4c(c3)OCO4)cc2)c(C)c1. The maximum absolute atomic E-state index is 12.8. The molecule has 0 saturated carbocycles. The number of nitrogens with zero attached hydrogens (tertiary/aromatic N) is 1. The molecular weight excluding hydrogens is 402 g/mol. The van der Waals surface area contributed by atoms with E-state index in [1.165, 1.54) is 0 Å². The molecule has 0 aliphatic carbocycles. The van der Waals surface area contributed by atoms with Crippen LogP contribution in [0.3, 0.4) is 0 Å². The second-order valence-corrected chi connectivity index (χ2v) is 8.61. The Kier molecular flexibility index (Phi) is 5.22. The number of fused-ring (bicyclic) bond motifs is 1. The Bertz CT molecular complexity index is 1210. The summed E-state index contributed by atoms with van der Waals surface area (Å²) in [7, 11) is -3.92. The fourth-order valence-corrected chi connectivity index (χ4v) is 4.81. The summed E-state index contributed by atoms with van der Waals surface area (Å²) in [5.41, 5.74) is 3.88. The number of aryl methyl sites for hydroxylation is 3. The Morgan fingerprint density at radius 3 is 2.27 bits per heavy atom. The van der Waals surface area contributed by atoms with Crippen LogP contribution in [0, 0.1) is 20.8 Å². The molecule has 1 aliphatic rings. The molecular formula is C23H21NO5S. The van der Waals surface area contributed by atoms with Crippen molar-refractivity contribution in [3.05, 3.63) is 76.9 Å². The van der Waals surface area contributed by atoms with Crippen molar-refractivity contribution >= 4 is 22.0 Å². The lowest BCUT2D eigenvalue weighted by molar-refractivity contribution is 0.174. The van der Waals surface area contributed by atoms with Crippen LogP contribution in [0.25, 0.3) is 0 Å². The molecule has 0 aromatic heterocycles. The van der Waals surface area contributed by atoms with Crippen LogP contribution in [0.15, 0.2) is 64.5 Å². The van der Waals surface area contributed by atoms with Crippen LogP contribution >= 0.6 is 0 Å². The van der Waals surface area contributed by atoms with Gasteiger partial charge in [-0.1, -0.05) is 17.7 Å². The summed E-state index contributed by atoms with van der Waals surface area (Å²) in [5.74, 6) is 1.62. The van der Waals surface area contributed by atoms with E-state index in [2.05, 4.69) is 4.99 Å². The first kappa shape index (κ1) is 20.0. The van der Waals surface area contributed by atoms with Gasteiger partial charge in [0.2, 0.25) is 6.79 Å². The zero-order valence-electron chi connectivity index (χ0n) is 16.9. The molecule has 3 aromatic carbocycles. The highest BCUT2D eigenvalue weighted by Gasteiger charge is 2.22. The topological polar surface area (TPSA) is 74.2 Å². The van der Waals surface area contributed by atoms with Gasteiger partial charge < -0.3 is 13.7 Å². The van der Waals surface area contributed by atoms with Crippen LogP contribution in [0.5, 0.6) is 17.2 Å². The molecule has 0 atom stereocenters.